The fourth-order valence-electron chi connectivity index (χ4n) is 5.26. The van der Waals surface area contributed by atoms with Gasteiger partial charge < -0.3 is 34.3 Å². The van der Waals surface area contributed by atoms with Gasteiger partial charge >= 0.3 is 6.03 Å². The van der Waals surface area contributed by atoms with Crippen LogP contribution < -0.4 is 10.1 Å². The van der Waals surface area contributed by atoms with Crippen LogP contribution >= 0.6 is 0 Å². The summed E-state index contributed by atoms with van der Waals surface area (Å²) in [6, 6.07) is 5.37. The van der Waals surface area contributed by atoms with Crippen LogP contribution in [-0.2, 0) is 22.0 Å². The molecule has 2 aliphatic heterocycles. The molecule has 2 N–H and O–H groups in total. The number of aromatic nitrogens is 1. The largest absolute Gasteiger partial charge is 0.497 e. The number of methoxy groups -OCH3 is 2. The number of rotatable bonds is 6. The molecule has 9 heteroatoms. The van der Waals surface area contributed by atoms with Crippen molar-refractivity contribution in [2.24, 2.45) is 7.05 Å². The molecule has 2 aliphatic rings. The van der Waals surface area contributed by atoms with Crippen molar-refractivity contribution in [1.29, 1.82) is 0 Å². The molecule has 1 spiro atoms. The minimum Gasteiger partial charge on any atom is -0.497 e. The van der Waals surface area contributed by atoms with Gasteiger partial charge in [0.15, 0.2) is 0 Å². The SMILES string of the molecule is CCCNC(=O)N1CC2(C1)CN(C(=O)COC)[C@H](CO)c1c2c2ccc(OC)cc2n1C. The highest BCUT2D eigenvalue weighted by atomic mass is 16.5. The summed E-state index contributed by atoms with van der Waals surface area (Å²) in [6.45, 7) is 3.85. The molecule has 1 saturated heterocycles. The van der Waals surface area contributed by atoms with Crippen LogP contribution in [0, 0.1) is 0 Å². The highest BCUT2D eigenvalue weighted by Crippen LogP contribution is 2.49. The number of ether oxygens (including phenoxy) is 2. The second-order valence-corrected chi connectivity index (χ2v) is 8.72. The molecule has 1 fully saturated rings. The quantitative estimate of drug-likeness (QED) is 0.702. The summed E-state index contributed by atoms with van der Waals surface area (Å²) >= 11 is 0. The third-order valence-electron chi connectivity index (χ3n) is 6.71. The average molecular weight is 445 g/mol. The van der Waals surface area contributed by atoms with Gasteiger partial charge in [-0.3, -0.25) is 4.79 Å². The average Bonchev–Trinajstić information content (AvgIpc) is 3.07. The fourth-order valence-corrected chi connectivity index (χ4v) is 5.26. The van der Waals surface area contributed by atoms with E-state index in [0.717, 1.165) is 34.3 Å². The Balaban J connectivity index is 1.82. The number of benzene rings is 1. The number of carbonyl (C=O) groups excluding carboxylic acids is 2. The summed E-state index contributed by atoms with van der Waals surface area (Å²) in [5.41, 5.74) is 2.59. The van der Waals surface area contributed by atoms with E-state index in [2.05, 4.69) is 5.32 Å². The molecule has 174 valence electrons. The summed E-state index contributed by atoms with van der Waals surface area (Å²) < 4.78 is 12.6. The van der Waals surface area contributed by atoms with Crippen molar-refractivity contribution in [3.8, 4) is 5.75 Å². The van der Waals surface area contributed by atoms with E-state index in [0.29, 0.717) is 26.2 Å². The van der Waals surface area contributed by atoms with Crippen LogP contribution in [-0.4, -0.2) is 85.0 Å². The monoisotopic (exact) mass is 444 g/mol. The summed E-state index contributed by atoms with van der Waals surface area (Å²) in [7, 11) is 5.07. The molecule has 0 unspecified atom stereocenters. The lowest BCUT2D eigenvalue weighted by Gasteiger charge is -2.56. The van der Waals surface area contributed by atoms with Crippen molar-refractivity contribution in [3.63, 3.8) is 0 Å². The van der Waals surface area contributed by atoms with Gasteiger partial charge in [-0.2, -0.15) is 0 Å². The summed E-state index contributed by atoms with van der Waals surface area (Å²) in [4.78, 5) is 29.0. The van der Waals surface area contributed by atoms with Crippen LogP contribution in [0.2, 0.25) is 0 Å². The number of aliphatic hydroxyl groups is 1. The normalized spacial score (nSPS) is 19.1. The Morgan fingerprint density at radius 3 is 2.62 bits per heavy atom. The molecular formula is C23H32N4O5. The van der Waals surface area contributed by atoms with E-state index in [1.807, 2.05) is 36.7 Å². The topological polar surface area (TPSA) is 96.3 Å². The van der Waals surface area contributed by atoms with E-state index in [1.165, 1.54) is 7.11 Å². The van der Waals surface area contributed by atoms with Crippen LogP contribution in [0.5, 0.6) is 5.75 Å². The van der Waals surface area contributed by atoms with Gasteiger partial charge in [-0.25, -0.2) is 4.79 Å². The van der Waals surface area contributed by atoms with Gasteiger partial charge in [0.05, 0.1) is 30.7 Å². The van der Waals surface area contributed by atoms with Crippen LogP contribution in [0.4, 0.5) is 4.79 Å². The summed E-state index contributed by atoms with van der Waals surface area (Å²) in [6.07, 6.45) is 0.873. The van der Waals surface area contributed by atoms with Gasteiger partial charge in [0.2, 0.25) is 5.91 Å². The van der Waals surface area contributed by atoms with Crippen LogP contribution in [0.3, 0.4) is 0 Å². The molecule has 32 heavy (non-hydrogen) atoms. The van der Waals surface area contributed by atoms with Crippen LogP contribution in [0.25, 0.3) is 10.9 Å². The van der Waals surface area contributed by atoms with Gasteiger partial charge in [0, 0.05) is 57.5 Å². The number of urea groups is 1. The molecule has 3 amide bonds. The van der Waals surface area contributed by atoms with Crippen LogP contribution in [0.15, 0.2) is 18.2 Å². The second-order valence-electron chi connectivity index (χ2n) is 8.72. The third kappa shape index (κ3) is 3.40. The zero-order valence-electron chi connectivity index (χ0n) is 19.2. The molecular weight excluding hydrogens is 412 g/mol. The first-order valence-corrected chi connectivity index (χ1v) is 11.0. The smallest absolute Gasteiger partial charge is 0.317 e. The van der Waals surface area contributed by atoms with Gasteiger partial charge in [-0.05, 0) is 24.1 Å². The van der Waals surface area contributed by atoms with Crippen molar-refractivity contribution in [3.05, 3.63) is 29.5 Å². The molecule has 0 aliphatic carbocycles. The maximum atomic E-state index is 13.0. The zero-order valence-corrected chi connectivity index (χ0v) is 19.2. The standard InChI is InChI=1S/C23H32N4O5/c1-5-8-24-22(30)26-12-23(13-26)14-27(19(29)11-31-3)18(10-28)21-20(23)16-7-6-15(32-4)9-17(16)25(21)2/h6-7,9,18,28H,5,8,10-14H2,1-4H3,(H,24,30)/t18-/m1/s1. The van der Waals surface area contributed by atoms with Crippen molar-refractivity contribution in [1.82, 2.24) is 19.7 Å². The van der Waals surface area contributed by atoms with E-state index >= 15 is 0 Å². The number of aliphatic hydroxyl groups excluding tert-OH is 1. The summed E-state index contributed by atoms with van der Waals surface area (Å²) in [5.74, 6) is 0.569. The van der Waals surface area contributed by atoms with Gasteiger partial charge in [-0.1, -0.05) is 6.92 Å². The molecule has 0 saturated carbocycles. The minimum absolute atomic E-state index is 0.0552. The van der Waals surface area contributed by atoms with E-state index < -0.39 is 11.5 Å². The number of carbonyl (C=O) groups is 2. The Hall–Kier alpha value is -2.78. The minimum atomic E-state index is -0.482. The van der Waals surface area contributed by atoms with Gasteiger partial charge in [-0.15, -0.1) is 0 Å². The van der Waals surface area contributed by atoms with Crippen molar-refractivity contribution in [2.75, 3.05) is 53.6 Å². The van der Waals surface area contributed by atoms with Gasteiger partial charge in [0.25, 0.3) is 0 Å². The third-order valence-corrected chi connectivity index (χ3v) is 6.71. The van der Waals surface area contributed by atoms with Crippen molar-refractivity contribution >= 4 is 22.8 Å². The zero-order chi connectivity index (χ0) is 23.0. The van der Waals surface area contributed by atoms with E-state index in [1.54, 1.807) is 16.9 Å². The highest BCUT2D eigenvalue weighted by molar-refractivity contribution is 5.90. The van der Waals surface area contributed by atoms with Gasteiger partial charge in [0.1, 0.15) is 12.4 Å². The Bertz CT molecular complexity index is 1030. The molecule has 4 rings (SSSR count). The molecule has 0 bridgehead atoms. The first-order valence-electron chi connectivity index (χ1n) is 11.0. The molecule has 1 atom stereocenters. The molecule has 9 nitrogen and oxygen atoms in total. The molecule has 3 heterocycles. The number of nitrogens with one attached hydrogen (secondary N) is 1. The Morgan fingerprint density at radius 2 is 2.00 bits per heavy atom. The predicted octanol–water partition coefficient (Wildman–Crippen LogP) is 1.38. The predicted molar refractivity (Wildman–Crippen MR) is 120 cm³/mol. The maximum Gasteiger partial charge on any atom is 0.317 e. The maximum absolute atomic E-state index is 13.0. The first kappa shape index (κ1) is 22.4. The van der Waals surface area contributed by atoms with E-state index in [4.69, 9.17) is 9.47 Å². The number of aryl methyl sites for hydroxylation is 1. The lowest BCUT2D eigenvalue weighted by molar-refractivity contribution is -0.142. The second kappa shape index (κ2) is 8.63. The molecule has 1 aromatic heterocycles. The molecule has 1 aromatic carbocycles. The van der Waals surface area contributed by atoms with Crippen molar-refractivity contribution in [2.45, 2.75) is 24.8 Å². The lowest BCUT2D eigenvalue weighted by atomic mass is 9.68. The number of hydrogen-bond acceptors (Lipinski definition) is 5. The van der Waals surface area contributed by atoms with Crippen LogP contribution in [0.1, 0.15) is 30.6 Å². The first-order chi connectivity index (χ1) is 15.4. The number of amides is 3. The van der Waals surface area contributed by atoms with E-state index in [9.17, 15) is 14.7 Å². The fraction of sp³-hybridized carbons (Fsp3) is 0.565. The number of nitrogens with zero attached hydrogens (tertiary/aromatic N) is 3. The molecule has 0 radical (unpaired) electrons. The summed E-state index contributed by atoms with van der Waals surface area (Å²) in [5, 5.41) is 14.3. The number of likely N-dealkylation sites (tertiary alicyclic amines) is 1. The Kier molecular flexibility index (Phi) is 6.05. The number of fused-ring (bicyclic) bond motifs is 4. The Labute approximate surface area is 187 Å². The molecule has 2 aromatic rings. The lowest BCUT2D eigenvalue weighted by Crippen LogP contribution is -2.69. The number of hydrogen-bond donors (Lipinski definition) is 2. The van der Waals surface area contributed by atoms with Crippen molar-refractivity contribution < 1.29 is 24.2 Å². The van der Waals surface area contributed by atoms with E-state index in [-0.39, 0.29) is 25.2 Å². The Morgan fingerprint density at radius 1 is 1.25 bits per heavy atom. The highest BCUT2D eigenvalue weighted by Gasteiger charge is 2.55.